The van der Waals surface area contributed by atoms with Gasteiger partial charge in [0.25, 0.3) is 0 Å². The third kappa shape index (κ3) is 2.17. The van der Waals surface area contributed by atoms with Crippen molar-refractivity contribution in [2.24, 2.45) is 12.9 Å². The molecule has 2 rings (SSSR count). The highest BCUT2D eigenvalue weighted by atomic mass is 32.1. The molecule has 0 aliphatic carbocycles. The number of methoxy groups -OCH3 is 1. The van der Waals surface area contributed by atoms with Crippen LogP contribution in [0.25, 0.3) is 0 Å². The van der Waals surface area contributed by atoms with Gasteiger partial charge >= 0.3 is 0 Å². The van der Waals surface area contributed by atoms with Crippen molar-refractivity contribution >= 4 is 11.3 Å². The molecule has 0 amide bonds. The monoisotopic (exact) mass is 253 g/mol. The molecule has 7 heteroatoms. The number of aromatic nitrogens is 3. The standard InChI is InChI=1S/C10H15N5OS/c1-6-12-5-8(17-6)9(14-11)10-7(16-3)4-13-15(10)2/h4-5,9,14H,11H2,1-3H3. The Hall–Kier alpha value is -1.44. The lowest BCUT2D eigenvalue weighted by molar-refractivity contribution is 0.401. The summed E-state index contributed by atoms with van der Waals surface area (Å²) in [6.07, 6.45) is 3.49. The maximum absolute atomic E-state index is 5.63. The molecule has 0 aliphatic heterocycles. The number of nitrogens with two attached hydrogens (primary N) is 1. The lowest BCUT2D eigenvalue weighted by atomic mass is 10.2. The largest absolute Gasteiger partial charge is 0.493 e. The number of hydrogen-bond acceptors (Lipinski definition) is 6. The van der Waals surface area contributed by atoms with Gasteiger partial charge in [0.15, 0.2) is 5.75 Å². The molecule has 0 saturated carbocycles. The molecule has 0 aliphatic rings. The third-order valence-electron chi connectivity index (χ3n) is 2.53. The molecule has 17 heavy (non-hydrogen) atoms. The van der Waals surface area contributed by atoms with Gasteiger partial charge in [0, 0.05) is 18.1 Å². The number of hydrogen-bond donors (Lipinski definition) is 2. The second kappa shape index (κ2) is 4.82. The normalized spacial score (nSPS) is 12.7. The van der Waals surface area contributed by atoms with Crippen molar-refractivity contribution < 1.29 is 4.74 Å². The minimum Gasteiger partial charge on any atom is -0.493 e. The predicted molar refractivity (Wildman–Crippen MR) is 65.8 cm³/mol. The van der Waals surface area contributed by atoms with Gasteiger partial charge in [-0.2, -0.15) is 5.10 Å². The van der Waals surface area contributed by atoms with E-state index in [0.717, 1.165) is 15.6 Å². The molecule has 0 saturated heterocycles. The Morgan fingerprint density at radius 3 is 2.82 bits per heavy atom. The van der Waals surface area contributed by atoms with Crippen LogP contribution in [0.2, 0.25) is 0 Å². The average Bonchev–Trinajstić information content (AvgIpc) is 2.89. The van der Waals surface area contributed by atoms with E-state index in [2.05, 4.69) is 15.5 Å². The first-order chi connectivity index (χ1) is 8.17. The van der Waals surface area contributed by atoms with E-state index in [0.29, 0.717) is 5.75 Å². The molecule has 1 unspecified atom stereocenters. The number of nitrogens with zero attached hydrogens (tertiary/aromatic N) is 3. The summed E-state index contributed by atoms with van der Waals surface area (Å²) in [5.41, 5.74) is 3.67. The maximum atomic E-state index is 5.63. The fourth-order valence-electron chi connectivity index (χ4n) is 1.72. The Kier molecular flexibility index (Phi) is 3.41. The molecule has 92 valence electrons. The zero-order valence-electron chi connectivity index (χ0n) is 9.97. The van der Waals surface area contributed by atoms with Gasteiger partial charge < -0.3 is 4.74 Å². The summed E-state index contributed by atoms with van der Waals surface area (Å²) in [6.45, 7) is 1.96. The van der Waals surface area contributed by atoms with E-state index in [1.165, 1.54) is 0 Å². The summed E-state index contributed by atoms with van der Waals surface area (Å²) in [7, 11) is 3.47. The topological polar surface area (TPSA) is 78.0 Å². The predicted octanol–water partition coefficient (Wildman–Crippen LogP) is 0.746. The van der Waals surface area contributed by atoms with E-state index >= 15 is 0 Å². The zero-order valence-corrected chi connectivity index (χ0v) is 10.8. The zero-order chi connectivity index (χ0) is 12.4. The molecule has 0 spiro atoms. The molecule has 0 bridgehead atoms. The minimum absolute atomic E-state index is 0.163. The molecule has 0 fully saturated rings. The van der Waals surface area contributed by atoms with E-state index in [1.54, 1.807) is 29.3 Å². The molecule has 3 N–H and O–H groups in total. The van der Waals surface area contributed by atoms with Crippen molar-refractivity contribution in [3.63, 3.8) is 0 Å². The van der Waals surface area contributed by atoms with Gasteiger partial charge in [-0.25, -0.2) is 10.4 Å². The molecular formula is C10H15N5OS. The summed E-state index contributed by atoms with van der Waals surface area (Å²) in [5.74, 6) is 6.34. The van der Waals surface area contributed by atoms with E-state index in [1.807, 2.05) is 20.2 Å². The number of rotatable bonds is 4. The van der Waals surface area contributed by atoms with E-state index in [9.17, 15) is 0 Å². The van der Waals surface area contributed by atoms with Crippen LogP contribution in [-0.2, 0) is 7.05 Å². The number of thiazole rings is 1. The maximum Gasteiger partial charge on any atom is 0.162 e. The van der Waals surface area contributed by atoms with Crippen molar-refractivity contribution in [1.29, 1.82) is 0 Å². The van der Waals surface area contributed by atoms with Gasteiger partial charge in [-0.1, -0.05) is 0 Å². The van der Waals surface area contributed by atoms with Crippen LogP contribution in [0.5, 0.6) is 5.75 Å². The van der Waals surface area contributed by atoms with Crippen LogP contribution in [0.3, 0.4) is 0 Å². The van der Waals surface area contributed by atoms with Crippen LogP contribution in [0.4, 0.5) is 0 Å². The molecular weight excluding hydrogens is 238 g/mol. The van der Waals surface area contributed by atoms with Gasteiger partial charge in [-0.3, -0.25) is 10.5 Å². The van der Waals surface area contributed by atoms with Gasteiger partial charge in [-0.05, 0) is 6.92 Å². The Balaban J connectivity index is 2.44. The van der Waals surface area contributed by atoms with Gasteiger partial charge in [0.05, 0.1) is 18.3 Å². The van der Waals surface area contributed by atoms with E-state index in [-0.39, 0.29) is 6.04 Å². The second-order valence-corrected chi connectivity index (χ2v) is 4.87. The third-order valence-corrected chi connectivity index (χ3v) is 3.51. The summed E-state index contributed by atoms with van der Waals surface area (Å²) in [6, 6.07) is -0.163. The Morgan fingerprint density at radius 2 is 2.29 bits per heavy atom. The number of nitrogens with one attached hydrogen (secondary N) is 1. The summed E-state index contributed by atoms with van der Waals surface area (Å²) in [4.78, 5) is 5.27. The fraction of sp³-hybridized carbons (Fsp3) is 0.400. The lowest BCUT2D eigenvalue weighted by Gasteiger charge is -2.15. The van der Waals surface area contributed by atoms with Crippen molar-refractivity contribution in [2.75, 3.05) is 7.11 Å². The van der Waals surface area contributed by atoms with Gasteiger partial charge in [0.2, 0.25) is 0 Å². The fourth-order valence-corrected chi connectivity index (χ4v) is 2.57. The molecule has 2 heterocycles. The highest BCUT2D eigenvalue weighted by Gasteiger charge is 2.23. The van der Waals surface area contributed by atoms with Crippen molar-refractivity contribution in [3.8, 4) is 5.75 Å². The first-order valence-corrected chi connectivity index (χ1v) is 5.93. The van der Waals surface area contributed by atoms with E-state index in [4.69, 9.17) is 10.6 Å². The van der Waals surface area contributed by atoms with Crippen LogP contribution >= 0.6 is 11.3 Å². The first-order valence-electron chi connectivity index (χ1n) is 5.11. The van der Waals surface area contributed by atoms with Crippen molar-refractivity contribution in [1.82, 2.24) is 20.2 Å². The Bertz CT molecular complexity index is 507. The molecule has 2 aromatic heterocycles. The highest BCUT2D eigenvalue weighted by molar-refractivity contribution is 7.11. The molecule has 0 radical (unpaired) electrons. The molecule has 1 atom stereocenters. The van der Waals surface area contributed by atoms with Crippen molar-refractivity contribution in [2.45, 2.75) is 13.0 Å². The van der Waals surface area contributed by atoms with Crippen LogP contribution in [0, 0.1) is 6.92 Å². The van der Waals surface area contributed by atoms with Crippen molar-refractivity contribution in [3.05, 3.63) is 28.0 Å². The average molecular weight is 253 g/mol. The number of hydrazine groups is 1. The molecule has 0 aromatic carbocycles. The minimum atomic E-state index is -0.163. The van der Waals surface area contributed by atoms with Crippen LogP contribution in [-0.4, -0.2) is 21.9 Å². The number of ether oxygens (including phenoxy) is 1. The van der Waals surface area contributed by atoms with Crippen LogP contribution < -0.4 is 16.0 Å². The van der Waals surface area contributed by atoms with Crippen LogP contribution in [0.1, 0.15) is 21.6 Å². The smallest absolute Gasteiger partial charge is 0.162 e. The van der Waals surface area contributed by atoms with E-state index < -0.39 is 0 Å². The van der Waals surface area contributed by atoms with Crippen LogP contribution in [0.15, 0.2) is 12.4 Å². The first kappa shape index (κ1) is 12.0. The Labute approximate surface area is 103 Å². The Morgan fingerprint density at radius 1 is 1.53 bits per heavy atom. The van der Waals surface area contributed by atoms with Gasteiger partial charge in [0.1, 0.15) is 11.7 Å². The lowest BCUT2D eigenvalue weighted by Crippen LogP contribution is -2.30. The second-order valence-electron chi connectivity index (χ2n) is 3.60. The molecule has 6 nitrogen and oxygen atoms in total. The quantitative estimate of drug-likeness (QED) is 0.621. The summed E-state index contributed by atoms with van der Waals surface area (Å²) in [5, 5.41) is 5.17. The summed E-state index contributed by atoms with van der Waals surface area (Å²) >= 11 is 1.60. The number of aryl methyl sites for hydroxylation is 2. The molecule has 2 aromatic rings. The highest BCUT2D eigenvalue weighted by Crippen LogP contribution is 2.31. The van der Waals surface area contributed by atoms with Gasteiger partial charge in [-0.15, -0.1) is 11.3 Å². The summed E-state index contributed by atoms with van der Waals surface area (Å²) < 4.78 is 7.03. The SMILES string of the molecule is COc1cnn(C)c1C(NN)c1cnc(C)s1.